The molecule has 0 aliphatic carbocycles. The van der Waals surface area contributed by atoms with Crippen molar-refractivity contribution in [2.75, 3.05) is 5.73 Å². The molecule has 0 spiro atoms. The highest BCUT2D eigenvalue weighted by molar-refractivity contribution is 5.65. The van der Waals surface area contributed by atoms with E-state index in [2.05, 4.69) is 17.6 Å². The average Bonchev–Trinajstić information content (AvgIpc) is 2.82. The molecule has 1 aromatic rings. The number of nitrogens with two attached hydrogens (primary N) is 1. The van der Waals surface area contributed by atoms with Crippen LogP contribution in [0.4, 0.5) is 5.69 Å². The molecule has 2 aliphatic rings. The summed E-state index contributed by atoms with van der Waals surface area (Å²) >= 11 is 0. The van der Waals surface area contributed by atoms with Gasteiger partial charge in [-0.15, -0.1) is 0 Å². The average molecular weight is 189 g/mol. The standard InChI is InChI=1S/C11H15N3/c1-6-7-2-13-4-9(7)11(12)10-5-14-3-8(6)10/h13-14H,2-5,12H2,1H3. The van der Waals surface area contributed by atoms with Crippen molar-refractivity contribution in [1.82, 2.24) is 10.6 Å². The van der Waals surface area contributed by atoms with Crippen molar-refractivity contribution in [3.05, 3.63) is 27.8 Å². The lowest BCUT2D eigenvalue weighted by atomic mass is 9.93. The van der Waals surface area contributed by atoms with Crippen LogP contribution >= 0.6 is 0 Å². The number of fused-ring (bicyclic) bond motifs is 2. The molecule has 1 aromatic carbocycles. The summed E-state index contributed by atoms with van der Waals surface area (Å²) in [5, 5.41) is 6.74. The molecule has 3 nitrogen and oxygen atoms in total. The van der Waals surface area contributed by atoms with Crippen molar-refractivity contribution in [1.29, 1.82) is 0 Å². The number of hydrogen-bond acceptors (Lipinski definition) is 3. The van der Waals surface area contributed by atoms with Crippen molar-refractivity contribution in [3.63, 3.8) is 0 Å². The molecule has 0 bridgehead atoms. The van der Waals surface area contributed by atoms with Crippen LogP contribution in [0.15, 0.2) is 0 Å². The van der Waals surface area contributed by atoms with Crippen molar-refractivity contribution in [2.24, 2.45) is 0 Å². The zero-order valence-corrected chi connectivity index (χ0v) is 8.41. The van der Waals surface area contributed by atoms with Gasteiger partial charge in [-0.05, 0) is 34.7 Å². The first-order chi connectivity index (χ1) is 6.79. The zero-order valence-electron chi connectivity index (χ0n) is 8.41. The van der Waals surface area contributed by atoms with Crippen molar-refractivity contribution in [2.45, 2.75) is 33.1 Å². The molecule has 0 radical (unpaired) electrons. The van der Waals surface area contributed by atoms with Crippen molar-refractivity contribution < 1.29 is 0 Å². The summed E-state index contributed by atoms with van der Waals surface area (Å²) in [4.78, 5) is 0. The number of nitrogen functional groups attached to an aromatic ring is 1. The second kappa shape index (κ2) is 2.72. The Bertz CT molecular complexity index is 337. The molecule has 0 unspecified atom stereocenters. The fraction of sp³-hybridized carbons (Fsp3) is 0.455. The Labute approximate surface area is 83.7 Å². The lowest BCUT2D eigenvalue weighted by molar-refractivity contribution is 0.752. The van der Waals surface area contributed by atoms with E-state index < -0.39 is 0 Å². The Hall–Kier alpha value is -1.06. The third-order valence-electron chi connectivity index (χ3n) is 3.49. The van der Waals surface area contributed by atoms with E-state index in [0.717, 1.165) is 31.9 Å². The van der Waals surface area contributed by atoms with E-state index in [0.29, 0.717) is 0 Å². The highest BCUT2D eigenvalue weighted by Gasteiger charge is 2.24. The van der Waals surface area contributed by atoms with Gasteiger partial charge in [-0.3, -0.25) is 0 Å². The van der Waals surface area contributed by atoms with Crippen LogP contribution in [0.5, 0.6) is 0 Å². The molecule has 3 rings (SSSR count). The summed E-state index contributed by atoms with van der Waals surface area (Å²) in [6.07, 6.45) is 0. The Morgan fingerprint density at radius 2 is 1.29 bits per heavy atom. The van der Waals surface area contributed by atoms with Crippen LogP contribution in [-0.4, -0.2) is 0 Å². The molecule has 74 valence electrons. The van der Waals surface area contributed by atoms with Gasteiger partial charge in [-0.2, -0.15) is 0 Å². The van der Waals surface area contributed by atoms with Gasteiger partial charge in [0.2, 0.25) is 0 Å². The van der Waals surface area contributed by atoms with Crippen LogP contribution in [0.3, 0.4) is 0 Å². The first-order valence-corrected chi connectivity index (χ1v) is 5.12. The molecule has 4 N–H and O–H groups in total. The van der Waals surface area contributed by atoms with Gasteiger partial charge in [0.1, 0.15) is 0 Å². The molecule has 0 aromatic heterocycles. The summed E-state index contributed by atoms with van der Waals surface area (Å²) in [5.74, 6) is 0. The fourth-order valence-electron chi connectivity index (χ4n) is 2.65. The Balaban J connectivity index is 2.33. The second-order valence-electron chi connectivity index (χ2n) is 4.16. The molecule has 0 fully saturated rings. The van der Waals surface area contributed by atoms with Crippen LogP contribution < -0.4 is 16.4 Å². The molecule has 14 heavy (non-hydrogen) atoms. The molecular weight excluding hydrogens is 174 g/mol. The van der Waals surface area contributed by atoms with E-state index in [1.165, 1.54) is 27.8 Å². The van der Waals surface area contributed by atoms with Gasteiger partial charge in [0, 0.05) is 31.9 Å². The summed E-state index contributed by atoms with van der Waals surface area (Å²) in [7, 11) is 0. The summed E-state index contributed by atoms with van der Waals surface area (Å²) in [6, 6.07) is 0. The predicted molar refractivity (Wildman–Crippen MR) is 56.7 cm³/mol. The Morgan fingerprint density at radius 1 is 0.857 bits per heavy atom. The topological polar surface area (TPSA) is 50.1 Å². The minimum atomic E-state index is 0.940. The second-order valence-corrected chi connectivity index (χ2v) is 4.16. The minimum Gasteiger partial charge on any atom is -0.398 e. The number of hydrogen-bond donors (Lipinski definition) is 3. The van der Waals surface area contributed by atoms with Crippen LogP contribution in [0.25, 0.3) is 0 Å². The van der Waals surface area contributed by atoms with E-state index >= 15 is 0 Å². The van der Waals surface area contributed by atoms with Crippen molar-refractivity contribution >= 4 is 5.69 Å². The molecule has 0 saturated heterocycles. The van der Waals surface area contributed by atoms with E-state index in [9.17, 15) is 0 Å². The van der Waals surface area contributed by atoms with E-state index in [1.807, 2.05) is 0 Å². The maximum atomic E-state index is 6.17. The molecule has 0 amide bonds. The molecule has 2 heterocycles. The Morgan fingerprint density at radius 3 is 1.79 bits per heavy atom. The van der Waals surface area contributed by atoms with Gasteiger partial charge >= 0.3 is 0 Å². The first kappa shape index (κ1) is 8.26. The summed E-state index contributed by atoms with van der Waals surface area (Å²) in [6.45, 7) is 6.07. The first-order valence-electron chi connectivity index (χ1n) is 5.12. The minimum absolute atomic E-state index is 0.940. The molecule has 0 atom stereocenters. The summed E-state index contributed by atoms with van der Waals surface area (Å²) < 4.78 is 0. The van der Waals surface area contributed by atoms with Gasteiger partial charge in [0.25, 0.3) is 0 Å². The van der Waals surface area contributed by atoms with Crippen LogP contribution in [0.2, 0.25) is 0 Å². The maximum absolute atomic E-state index is 6.17. The Kier molecular flexibility index (Phi) is 1.60. The molecule has 0 saturated carbocycles. The lowest BCUT2D eigenvalue weighted by Gasteiger charge is -2.13. The predicted octanol–water partition coefficient (Wildman–Crippen LogP) is 0.784. The third kappa shape index (κ3) is 0.885. The zero-order chi connectivity index (χ0) is 9.71. The van der Waals surface area contributed by atoms with Gasteiger partial charge in [-0.1, -0.05) is 0 Å². The van der Waals surface area contributed by atoms with E-state index in [4.69, 9.17) is 5.73 Å². The molecule has 2 aliphatic heterocycles. The molecule has 3 heteroatoms. The van der Waals surface area contributed by atoms with Crippen LogP contribution in [0.1, 0.15) is 27.8 Å². The highest BCUT2D eigenvalue weighted by atomic mass is 14.9. The normalized spacial score (nSPS) is 18.4. The maximum Gasteiger partial charge on any atom is 0.0412 e. The number of benzene rings is 1. The third-order valence-corrected chi connectivity index (χ3v) is 3.49. The summed E-state index contributed by atoms with van der Waals surface area (Å²) in [5.41, 5.74) is 14.2. The fourth-order valence-corrected chi connectivity index (χ4v) is 2.65. The van der Waals surface area contributed by atoms with E-state index in [1.54, 1.807) is 0 Å². The smallest absolute Gasteiger partial charge is 0.0412 e. The number of rotatable bonds is 0. The SMILES string of the molecule is Cc1c2c(c(N)c3c1CNC3)CNC2. The van der Waals surface area contributed by atoms with Gasteiger partial charge in [0.15, 0.2) is 0 Å². The van der Waals surface area contributed by atoms with Crippen LogP contribution in [-0.2, 0) is 26.2 Å². The molecular formula is C11H15N3. The van der Waals surface area contributed by atoms with Crippen LogP contribution in [0, 0.1) is 6.92 Å². The largest absolute Gasteiger partial charge is 0.398 e. The lowest BCUT2D eigenvalue weighted by Crippen LogP contribution is -2.04. The number of nitrogens with one attached hydrogen (secondary N) is 2. The van der Waals surface area contributed by atoms with Gasteiger partial charge in [0.05, 0.1) is 0 Å². The van der Waals surface area contributed by atoms with Gasteiger partial charge in [-0.25, -0.2) is 0 Å². The van der Waals surface area contributed by atoms with E-state index in [-0.39, 0.29) is 0 Å². The quantitative estimate of drug-likeness (QED) is 0.529. The number of anilines is 1. The van der Waals surface area contributed by atoms with Crippen molar-refractivity contribution in [3.8, 4) is 0 Å². The monoisotopic (exact) mass is 189 g/mol. The van der Waals surface area contributed by atoms with Gasteiger partial charge < -0.3 is 16.4 Å². The highest BCUT2D eigenvalue weighted by Crippen LogP contribution is 2.34.